The van der Waals surface area contributed by atoms with Gasteiger partial charge in [-0.05, 0) is 44.4 Å². The Hall–Kier alpha value is -1.25. The van der Waals surface area contributed by atoms with Gasteiger partial charge in [0.2, 0.25) is 0 Å². The molecule has 3 nitrogen and oxygen atoms in total. The van der Waals surface area contributed by atoms with Gasteiger partial charge in [0, 0.05) is 13.3 Å². The van der Waals surface area contributed by atoms with Crippen LogP contribution >= 0.6 is 0 Å². The van der Waals surface area contributed by atoms with Crippen molar-refractivity contribution >= 4 is 18.8 Å². The van der Waals surface area contributed by atoms with Gasteiger partial charge in [0.25, 0.3) is 0 Å². The van der Waals surface area contributed by atoms with Crippen LogP contribution in [0.1, 0.15) is 32.6 Å². The molecular formula is C11H19N3. The van der Waals surface area contributed by atoms with Gasteiger partial charge in [0.1, 0.15) is 6.34 Å². The number of hydrogen-bond acceptors (Lipinski definition) is 2. The van der Waals surface area contributed by atoms with E-state index in [1.807, 2.05) is 13.1 Å². The molecular weight excluding hydrogens is 174 g/mol. The van der Waals surface area contributed by atoms with Crippen LogP contribution in [0, 0.1) is 5.41 Å². The van der Waals surface area contributed by atoms with Crippen LogP contribution in [0.25, 0.3) is 0 Å². The topological polar surface area (TPSA) is 48.6 Å². The average Bonchev–Trinajstić information content (AvgIpc) is 2.22. The maximum atomic E-state index is 6.89. The minimum Gasteiger partial charge on any atom is -0.313 e. The van der Waals surface area contributed by atoms with Crippen molar-refractivity contribution in [3.8, 4) is 0 Å². The Labute approximate surface area is 86.2 Å². The molecule has 0 bridgehead atoms. The van der Waals surface area contributed by atoms with Crippen LogP contribution in [0.15, 0.2) is 21.6 Å². The number of unbranched alkanes of at least 4 members (excludes halogenated alkanes) is 2. The summed E-state index contributed by atoms with van der Waals surface area (Å²) in [6.45, 7) is 2.01. The summed E-state index contributed by atoms with van der Waals surface area (Å²) in [5.74, 6) is 0. The number of aliphatic imine (C=N–C) groups is 2. The third kappa shape index (κ3) is 7.40. The Morgan fingerprint density at radius 2 is 2.14 bits per heavy atom. The molecule has 0 atom stereocenters. The second kappa shape index (κ2) is 9.84. The van der Waals surface area contributed by atoms with Crippen molar-refractivity contribution in [2.24, 2.45) is 9.98 Å². The second-order valence-corrected chi connectivity index (χ2v) is 2.97. The highest BCUT2D eigenvalue weighted by Crippen LogP contribution is 2.06. The van der Waals surface area contributed by atoms with Gasteiger partial charge in [-0.2, -0.15) is 0 Å². The second-order valence-electron chi connectivity index (χ2n) is 2.97. The summed E-state index contributed by atoms with van der Waals surface area (Å²) in [6, 6.07) is 0. The van der Waals surface area contributed by atoms with Gasteiger partial charge in [-0.25, -0.2) is 4.99 Å². The number of nitrogens with zero attached hydrogens (tertiary/aromatic N) is 2. The van der Waals surface area contributed by atoms with Crippen LogP contribution in [0.3, 0.4) is 0 Å². The molecule has 78 valence electrons. The lowest BCUT2D eigenvalue weighted by Crippen LogP contribution is -1.87. The van der Waals surface area contributed by atoms with Crippen molar-refractivity contribution in [3.05, 3.63) is 11.6 Å². The fraction of sp³-hybridized carbons (Fsp3) is 0.545. The van der Waals surface area contributed by atoms with Crippen LogP contribution in [0.2, 0.25) is 0 Å². The van der Waals surface area contributed by atoms with E-state index in [4.69, 9.17) is 5.41 Å². The predicted molar refractivity (Wildman–Crippen MR) is 63.9 cm³/mol. The van der Waals surface area contributed by atoms with E-state index in [1.165, 1.54) is 11.8 Å². The zero-order valence-corrected chi connectivity index (χ0v) is 9.03. The highest BCUT2D eigenvalue weighted by molar-refractivity contribution is 5.84. The van der Waals surface area contributed by atoms with Crippen molar-refractivity contribution < 1.29 is 0 Å². The average molecular weight is 193 g/mol. The first-order chi connectivity index (χ1) is 6.85. The van der Waals surface area contributed by atoms with Gasteiger partial charge in [-0.3, -0.25) is 4.99 Å². The van der Waals surface area contributed by atoms with E-state index in [0.717, 1.165) is 25.7 Å². The lowest BCUT2D eigenvalue weighted by atomic mass is 10.1. The largest absolute Gasteiger partial charge is 0.313 e. The third-order valence-corrected chi connectivity index (χ3v) is 1.86. The number of allylic oxidation sites excluding steroid dienone is 2. The molecule has 0 radical (unpaired) electrons. The first kappa shape index (κ1) is 12.8. The summed E-state index contributed by atoms with van der Waals surface area (Å²) < 4.78 is 0. The van der Waals surface area contributed by atoms with Gasteiger partial charge in [0.05, 0.1) is 0 Å². The van der Waals surface area contributed by atoms with Crippen molar-refractivity contribution in [2.45, 2.75) is 32.6 Å². The molecule has 0 unspecified atom stereocenters. The van der Waals surface area contributed by atoms with Gasteiger partial charge in [-0.15, -0.1) is 0 Å². The molecule has 0 rings (SSSR count). The summed E-state index contributed by atoms with van der Waals surface area (Å²) in [5.41, 5.74) is 1.23. The molecule has 0 aliphatic rings. The van der Waals surface area contributed by atoms with Gasteiger partial charge in [0.15, 0.2) is 0 Å². The lowest BCUT2D eigenvalue weighted by molar-refractivity contribution is 0.773. The van der Waals surface area contributed by atoms with Gasteiger partial charge >= 0.3 is 0 Å². The van der Waals surface area contributed by atoms with Crippen LogP contribution in [0.4, 0.5) is 0 Å². The zero-order valence-electron chi connectivity index (χ0n) is 9.03. The normalized spacial score (nSPS) is 12.9. The first-order valence-electron chi connectivity index (χ1n) is 4.93. The molecule has 0 aliphatic carbocycles. The molecule has 0 aromatic heterocycles. The summed E-state index contributed by atoms with van der Waals surface area (Å²) in [5, 5.41) is 6.89. The maximum absolute atomic E-state index is 6.89. The minimum atomic E-state index is 0.880. The summed E-state index contributed by atoms with van der Waals surface area (Å²) in [6.07, 6.45) is 11.0. The predicted octanol–water partition coefficient (Wildman–Crippen LogP) is 2.87. The molecule has 0 saturated heterocycles. The lowest BCUT2D eigenvalue weighted by Gasteiger charge is -1.98. The number of hydrogen-bond donors (Lipinski definition) is 1. The molecule has 0 aromatic carbocycles. The first-order valence-corrected chi connectivity index (χ1v) is 4.93. The quantitative estimate of drug-likeness (QED) is 0.367. The molecule has 0 fully saturated rings. The Bertz CT molecular complexity index is 227. The van der Waals surface area contributed by atoms with Crippen molar-refractivity contribution in [1.82, 2.24) is 0 Å². The van der Waals surface area contributed by atoms with E-state index in [9.17, 15) is 0 Å². The van der Waals surface area contributed by atoms with E-state index in [1.54, 1.807) is 13.4 Å². The zero-order chi connectivity index (χ0) is 10.6. The van der Waals surface area contributed by atoms with E-state index in [-0.39, 0.29) is 0 Å². The van der Waals surface area contributed by atoms with Crippen molar-refractivity contribution in [2.75, 3.05) is 7.05 Å². The molecule has 14 heavy (non-hydrogen) atoms. The molecule has 3 heteroatoms. The standard InChI is InChI=1S/C11H19N3/c1-3-11(9-14-10-13-2)7-5-4-6-8-12/h3,8-10,12H,4-7H2,1-2H3/b11-3+,12-8?,13-10?,14-9?. The van der Waals surface area contributed by atoms with Crippen molar-refractivity contribution in [3.63, 3.8) is 0 Å². The highest BCUT2D eigenvalue weighted by Gasteiger charge is 1.91. The number of rotatable bonds is 7. The Morgan fingerprint density at radius 1 is 1.36 bits per heavy atom. The minimum absolute atomic E-state index is 0.880. The monoisotopic (exact) mass is 193 g/mol. The molecule has 0 spiro atoms. The molecule has 0 saturated carbocycles. The van der Waals surface area contributed by atoms with Gasteiger partial charge < -0.3 is 5.41 Å². The van der Waals surface area contributed by atoms with Crippen LogP contribution in [-0.4, -0.2) is 25.8 Å². The van der Waals surface area contributed by atoms with Crippen LogP contribution < -0.4 is 0 Å². The van der Waals surface area contributed by atoms with Crippen LogP contribution in [-0.2, 0) is 0 Å². The van der Waals surface area contributed by atoms with E-state index < -0.39 is 0 Å². The molecule has 1 N–H and O–H groups in total. The Kier molecular flexibility index (Phi) is 8.96. The maximum Gasteiger partial charge on any atom is 0.109 e. The highest BCUT2D eigenvalue weighted by atomic mass is 14.8. The van der Waals surface area contributed by atoms with E-state index in [0.29, 0.717) is 0 Å². The van der Waals surface area contributed by atoms with E-state index >= 15 is 0 Å². The summed E-state index contributed by atoms with van der Waals surface area (Å²) in [7, 11) is 1.71. The van der Waals surface area contributed by atoms with E-state index in [2.05, 4.69) is 16.1 Å². The summed E-state index contributed by atoms with van der Waals surface area (Å²) in [4.78, 5) is 7.80. The molecule has 0 amide bonds. The fourth-order valence-electron chi connectivity index (χ4n) is 1.05. The van der Waals surface area contributed by atoms with Crippen LogP contribution in [0.5, 0.6) is 0 Å². The SMILES string of the molecule is C/C=C(/C=NC=NC)CCCCC=N. The smallest absolute Gasteiger partial charge is 0.109 e. The number of nitrogens with one attached hydrogen (secondary N) is 1. The fourth-order valence-corrected chi connectivity index (χ4v) is 1.05. The van der Waals surface area contributed by atoms with Gasteiger partial charge in [-0.1, -0.05) is 6.08 Å². The third-order valence-electron chi connectivity index (χ3n) is 1.86. The molecule has 0 heterocycles. The summed E-state index contributed by atoms with van der Waals surface area (Å²) >= 11 is 0. The Morgan fingerprint density at radius 3 is 2.71 bits per heavy atom. The Balaban J connectivity index is 3.75. The van der Waals surface area contributed by atoms with Crippen molar-refractivity contribution in [1.29, 1.82) is 5.41 Å². The molecule has 0 aromatic rings. The molecule has 0 aliphatic heterocycles.